The molecule has 1 saturated heterocycles. The molecule has 9 heteroatoms. The highest BCUT2D eigenvalue weighted by molar-refractivity contribution is 6.27. The van der Waals surface area contributed by atoms with E-state index < -0.39 is 23.2 Å². The zero-order valence-electron chi connectivity index (χ0n) is 13.3. The Morgan fingerprint density at radius 1 is 1.28 bits per heavy atom. The summed E-state index contributed by atoms with van der Waals surface area (Å²) in [7, 11) is 0. The molecule has 138 valence electrons. The van der Waals surface area contributed by atoms with Crippen LogP contribution in [0.5, 0.6) is 0 Å². The fraction of sp³-hybridized carbons (Fsp3) is 0.500. The lowest BCUT2D eigenvalue weighted by molar-refractivity contribution is -0.137. The molecule has 0 unspecified atom stereocenters. The van der Waals surface area contributed by atoms with Crippen LogP contribution in [-0.2, 0) is 16.4 Å². The molecule has 0 aromatic heterocycles. The molecule has 0 saturated carbocycles. The van der Waals surface area contributed by atoms with Crippen molar-refractivity contribution in [1.29, 1.82) is 0 Å². The number of amides is 2. The number of carbonyl (C=O) groups is 2. The average Bonchev–Trinajstić information content (AvgIpc) is 2.59. The highest BCUT2D eigenvalue weighted by atomic mass is 35.5. The zero-order valence-corrected chi connectivity index (χ0v) is 14.0. The molecule has 0 atom stereocenters. The first-order chi connectivity index (χ1) is 11.7. The summed E-state index contributed by atoms with van der Waals surface area (Å²) in [4.78, 5) is 24.1. The van der Waals surface area contributed by atoms with Crippen molar-refractivity contribution in [3.05, 3.63) is 35.4 Å². The van der Waals surface area contributed by atoms with Gasteiger partial charge in [-0.3, -0.25) is 4.79 Å². The SMILES string of the molecule is O=C(O)NCC1(c2cccc(C(F)(F)F)c2)CCN(C(=O)CCl)CC1. The molecule has 0 aliphatic carbocycles. The number of benzene rings is 1. The second-order valence-electron chi connectivity index (χ2n) is 6.03. The van der Waals surface area contributed by atoms with Gasteiger partial charge in [0.1, 0.15) is 5.88 Å². The molecule has 2 amide bonds. The van der Waals surface area contributed by atoms with Gasteiger partial charge in [0.25, 0.3) is 0 Å². The number of hydrogen-bond donors (Lipinski definition) is 2. The van der Waals surface area contributed by atoms with Crippen LogP contribution in [-0.4, -0.2) is 47.5 Å². The Labute approximate surface area is 147 Å². The van der Waals surface area contributed by atoms with E-state index in [4.69, 9.17) is 16.7 Å². The second-order valence-corrected chi connectivity index (χ2v) is 6.30. The van der Waals surface area contributed by atoms with Crippen LogP contribution in [0.25, 0.3) is 0 Å². The summed E-state index contributed by atoms with van der Waals surface area (Å²) in [5, 5.41) is 11.2. The molecule has 0 radical (unpaired) electrons. The molecule has 1 heterocycles. The quantitative estimate of drug-likeness (QED) is 0.791. The Morgan fingerprint density at radius 2 is 1.92 bits per heavy atom. The number of alkyl halides is 4. The van der Waals surface area contributed by atoms with Gasteiger partial charge in [-0.15, -0.1) is 11.6 Å². The lowest BCUT2D eigenvalue weighted by Crippen LogP contribution is -2.50. The monoisotopic (exact) mass is 378 g/mol. The number of rotatable bonds is 4. The van der Waals surface area contributed by atoms with E-state index in [0.717, 1.165) is 12.1 Å². The minimum absolute atomic E-state index is 0.0213. The number of likely N-dealkylation sites (tertiary alicyclic amines) is 1. The van der Waals surface area contributed by atoms with Gasteiger partial charge in [-0.2, -0.15) is 13.2 Å². The third kappa shape index (κ3) is 4.56. The van der Waals surface area contributed by atoms with Gasteiger partial charge >= 0.3 is 12.3 Å². The van der Waals surface area contributed by atoms with E-state index in [1.165, 1.54) is 6.07 Å². The normalized spacial score (nSPS) is 17.2. The molecular formula is C16H18ClF3N2O3. The second kappa shape index (κ2) is 7.51. The van der Waals surface area contributed by atoms with Crippen molar-refractivity contribution in [3.63, 3.8) is 0 Å². The predicted molar refractivity (Wildman–Crippen MR) is 85.7 cm³/mol. The van der Waals surface area contributed by atoms with Gasteiger partial charge < -0.3 is 15.3 Å². The van der Waals surface area contributed by atoms with E-state index in [0.29, 0.717) is 31.5 Å². The summed E-state index contributed by atoms with van der Waals surface area (Å²) in [6, 6.07) is 4.92. The summed E-state index contributed by atoms with van der Waals surface area (Å²) in [6.45, 7) is 0.596. The Balaban J connectivity index is 2.31. The molecule has 2 rings (SSSR count). The third-order valence-corrected chi connectivity index (χ3v) is 4.80. The summed E-state index contributed by atoms with van der Waals surface area (Å²) in [5.41, 5.74) is -1.17. The molecule has 5 nitrogen and oxygen atoms in total. The summed E-state index contributed by atoms with van der Waals surface area (Å²) >= 11 is 5.54. The Kier molecular flexibility index (Phi) is 5.82. The number of hydrogen-bond acceptors (Lipinski definition) is 2. The number of nitrogens with one attached hydrogen (secondary N) is 1. The van der Waals surface area contributed by atoms with E-state index in [2.05, 4.69) is 5.32 Å². The van der Waals surface area contributed by atoms with Crippen molar-refractivity contribution >= 4 is 23.6 Å². The van der Waals surface area contributed by atoms with Crippen LogP contribution in [0, 0.1) is 0 Å². The average molecular weight is 379 g/mol. The molecule has 1 aliphatic rings. The predicted octanol–water partition coefficient (Wildman–Crippen LogP) is 3.07. The zero-order chi connectivity index (χ0) is 18.7. The molecule has 1 aromatic rings. The minimum Gasteiger partial charge on any atom is -0.465 e. The molecule has 0 spiro atoms. The highest BCUT2D eigenvalue weighted by Gasteiger charge is 2.39. The highest BCUT2D eigenvalue weighted by Crippen LogP contribution is 2.38. The number of piperidine rings is 1. The van der Waals surface area contributed by atoms with E-state index in [9.17, 15) is 22.8 Å². The standard InChI is InChI=1S/C16H18ClF3N2O3/c17-9-13(23)22-6-4-15(5-7-22,10-21-14(24)25)11-2-1-3-12(8-11)16(18,19)20/h1-3,8,21H,4-7,9-10H2,(H,24,25). The van der Waals surface area contributed by atoms with Crippen LogP contribution in [0.4, 0.5) is 18.0 Å². The van der Waals surface area contributed by atoms with E-state index in [1.54, 1.807) is 11.0 Å². The molecule has 1 fully saturated rings. The van der Waals surface area contributed by atoms with Gasteiger partial charge in [-0.1, -0.05) is 18.2 Å². The van der Waals surface area contributed by atoms with Gasteiger partial charge in [-0.25, -0.2) is 4.79 Å². The van der Waals surface area contributed by atoms with Crippen LogP contribution in [0.1, 0.15) is 24.0 Å². The van der Waals surface area contributed by atoms with Gasteiger partial charge in [0, 0.05) is 25.0 Å². The van der Waals surface area contributed by atoms with Crippen molar-refractivity contribution < 1.29 is 27.9 Å². The Bertz CT molecular complexity index is 644. The molecule has 1 aromatic carbocycles. The molecule has 25 heavy (non-hydrogen) atoms. The Morgan fingerprint density at radius 3 is 2.44 bits per heavy atom. The number of carbonyl (C=O) groups excluding carboxylic acids is 1. The smallest absolute Gasteiger partial charge is 0.416 e. The first kappa shape index (κ1) is 19.4. The fourth-order valence-electron chi connectivity index (χ4n) is 3.11. The molecular weight excluding hydrogens is 361 g/mol. The van der Waals surface area contributed by atoms with E-state index >= 15 is 0 Å². The van der Waals surface area contributed by atoms with Crippen molar-refractivity contribution in [2.24, 2.45) is 0 Å². The van der Waals surface area contributed by atoms with E-state index in [-0.39, 0.29) is 18.3 Å². The topological polar surface area (TPSA) is 69.6 Å². The maximum absolute atomic E-state index is 13.0. The van der Waals surface area contributed by atoms with Crippen LogP contribution in [0.2, 0.25) is 0 Å². The summed E-state index contributed by atoms with van der Waals surface area (Å²) in [6.07, 6.45) is -5.04. The summed E-state index contributed by atoms with van der Waals surface area (Å²) in [5.74, 6) is -0.408. The number of halogens is 4. The first-order valence-corrected chi connectivity index (χ1v) is 8.20. The van der Waals surface area contributed by atoms with Crippen LogP contribution in [0.15, 0.2) is 24.3 Å². The lowest BCUT2D eigenvalue weighted by atomic mass is 9.72. The Hall–Kier alpha value is -1.96. The van der Waals surface area contributed by atoms with Crippen molar-refractivity contribution in [2.75, 3.05) is 25.5 Å². The number of carboxylic acid groups (broad SMARTS) is 1. The summed E-state index contributed by atoms with van der Waals surface area (Å²) < 4.78 is 39.0. The van der Waals surface area contributed by atoms with Gasteiger partial charge in [-0.05, 0) is 24.5 Å². The van der Waals surface area contributed by atoms with Crippen LogP contribution >= 0.6 is 11.6 Å². The van der Waals surface area contributed by atoms with Gasteiger partial charge in [0.2, 0.25) is 5.91 Å². The van der Waals surface area contributed by atoms with E-state index in [1.807, 2.05) is 0 Å². The van der Waals surface area contributed by atoms with Crippen LogP contribution < -0.4 is 5.32 Å². The van der Waals surface area contributed by atoms with Gasteiger partial charge in [0.15, 0.2) is 0 Å². The third-order valence-electron chi connectivity index (χ3n) is 4.57. The van der Waals surface area contributed by atoms with Gasteiger partial charge in [0.05, 0.1) is 5.56 Å². The maximum Gasteiger partial charge on any atom is 0.416 e. The maximum atomic E-state index is 13.0. The number of nitrogens with zero attached hydrogens (tertiary/aromatic N) is 1. The molecule has 2 N–H and O–H groups in total. The van der Waals surface area contributed by atoms with Crippen molar-refractivity contribution in [3.8, 4) is 0 Å². The largest absolute Gasteiger partial charge is 0.465 e. The van der Waals surface area contributed by atoms with Crippen LogP contribution in [0.3, 0.4) is 0 Å². The van der Waals surface area contributed by atoms with Crippen molar-refractivity contribution in [2.45, 2.75) is 24.4 Å². The lowest BCUT2D eigenvalue weighted by Gasteiger charge is -2.42. The molecule has 0 bridgehead atoms. The minimum atomic E-state index is -4.48. The molecule has 1 aliphatic heterocycles. The first-order valence-electron chi connectivity index (χ1n) is 7.66. The fourth-order valence-corrected chi connectivity index (χ4v) is 3.28. The van der Waals surface area contributed by atoms with Crippen molar-refractivity contribution in [1.82, 2.24) is 10.2 Å².